The van der Waals surface area contributed by atoms with Crippen molar-refractivity contribution in [1.82, 2.24) is 15.1 Å². The van der Waals surface area contributed by atoms with Crippen molar-refractivity contribution in [1.29, 1.82) is 0 Å². The number of hydrogen-bond acceptors (Lipinski definition) is 7. The molecule has 7 atom stereocenters. The highest BCUT2D eigenvalue weighted by atomic mass is 35.5. The molecule has 9 nitrogen and oxygen atoms in total. The van der Waals surface area contributed by atoms with E-state index in [0.717, 1.165) is 6.42 Å². The molecule has 4 rings (SSSR count). The number of nitrogens with one attached hydrogen (secondary N) is 1. The van der Waals surface area contributed by atoms with Crippen LogP contribution in [-0.2, 0) is 14.4 Å². The molecule has 2 amide bonds. The van der Waals surface area contributed by atoms with Gasteiger partial charge in [0.15, 0.2) is 0 Å². The Hall–Kier alpha value is -1.33. The van der Waals surface area contributed by atoms with Crippen molar-refractivity contribution in [3.05, 3.63) is 10.6 Å². The van der Waals surface area contributed by atoms with E-state index in [0.29, 0.717) is 31.0 Å². The molecule has 11 heteroatoms. The molecular weight excluding hydrogens is 432 g/mol. The van der Waals surface area contributed by atoms with E-state index >= 15 is 0 Å². The zero-order valence-corrected chi connectivity index (χ0v) is 18.6. The van der Waals surface area contributed by atoms with Gasteiger partial charge >= 0.3 is 5.97 Å². The molecule has 30 heavy (non-hydrogen) atoms. The number of aliphatic hydroxyl groups excluding tert-OH is 1. The van der Waals surface area contributed by atoms with Crippen molar-refractivity contribution < 1.29 is 24.6 Å². The molecule has 0 bridgehead atoms. The number of likely N-dealkylation sites (tertiary alicyclic amines) is 1. The van der Waals surface area contributed by atoms with E-state index in [9.17, 15) is 24.6 Å². The van der Waals surface area contributed by atoms with Crippen LogP contribution in [0, 0.1) is 11.8 Å². The fourth-order valence-electron chi connectivity index (χ4n) is 5.05. The first-order chi connectivity index (χ1) is 13.7. The molecule has 0 radical (unpaired) electrons. The number of rotatable bonds is 5. The lowest BCUT2D eigenvalue weighted by atomic mass is 9.79. The first kappa shape index (κ1) is 23.3. The summed E-state index contributed by atoms with van der Waals surface area (Å²) in [5.41, 5.74) is 5.94. The van der Waals surface area contributed by atoms with Crippen LogP contribution in [-0.4, -0.2) is 86.9 Å². The minimum Gasteiger partial charge on any atom is -0.477 e. The van der Waals surface area contributed by atoms with Gasteiger partial charge in [0.2, 0.25) is 11.8 Å². The third-order valence-corrected chi connectivity index (χ3v) is 8.04. The smallest absolute Gasteiger partial charge is 0.353 e. The van der Waals surface area contributed by atoms with Gasteiger partial charge in [-0.3, -0.25) is 9.59 Å². The molecule has 3 saturated heterocycles. The van der Waals surface area contributed by atoms with Gasteiger partial charge in [-0.2, -0.15) is 0 Å². The second-order valence-corrected chi connectivity index (χ2v) is 9.88. The molecule has 3 fully saturated rings. The second kappa shape index (κ2) is 8.66. The normalized spacial score (nSPS) is 36.5. The van der Waals surface area contributed by atoms with Gasteiger partial charge in [0, 0.05) is 41.7 Å². The van der Waals surface area contributed by atoms with Crippen LogP contribution in [0.15, 0.2) is 10.6 Å². The SMILES string of the molecule is C[C@@H](O)[C@H]1C(=O)N2C(C(=O)O)=C(S[C@@H]3CN[C@H](C(=O)N4CC[C@H](N)C4)C3)[C@H](C)[C@H]12.Cl. The number of β-lactam (4-membered cyclic amide) rings is 1. The third kappa shape index (κ3) is 3.73. The molecule has 4 aliphatic heterocycles. The van der Waals surface area contributed by atoms with Gasteiger partial charge in [0.05, 0.1) is 24.1 Å². The Balaban J connectivity index is 0.00000256. The largest absolute Gasteiger partial charge is 0.477 e. The summed E-state index contributed by atoms with van der Waals surface area (Å²) in [6.07, 6.45) is 0.614. The Kier molecular flexibility index (Phi) is 6.74. The lowest BCUT2D eigenvalue weighted by molar-refractivity contribution is -0.163. The van der Waals surface area contributed by atoms with Crippen LogP contribution >= 0.6 is 24.2 Å². The Labute approximate surface area is 185 Å². The first-order valence-corrected chi connectivity index (χ1v) is 11.0. The van der Waals surface area contributed by atoms with Gasteiger partial charge in [0.25, 0.3) is 0 Å². The van der Waals surface area contributed by atoms with E-state index in [-0.39, 0.29) is 59.2 Å². The molecule has 0 spiro atoms. The van der Waals surface area contributed by atoms with Crippen LogP contribution in [0.2, 0.25) is 0 Å². The average Bonchev–Trinajstić information content (AvgIpc) is 3.33. The van der Waals surface area contributed by atoms with Crippen LogP contribution in [0.5, 0.6) is 0 Å². The molecule has 0 aliphatic carbocycles. The lowest BCUT2D eigenvalue weighted by Gasteiger charge is -2.46. The minimum atomic E-state index is -1.12. The molecule has 4 heterocycles. The fourth-order valence-corrected chi connectivity index (χ4v) is 6.53. The van der Waals surface area contributed by atoms with Gasteiger partial charge in [-0.1, -0.05) is 6.92 Å². The number of carboxylic acids is 1. The number of hydrogen-bond donors (Lipinski definition) is 4. The van der Waals surface area contributed by atoms with Crippen LogP contribution in [0.25, 0.3) is 0 Å². The third-order valence-electron chi connectivity index (χ3n) is 6.53. The van der Waals surface area contributed by atoms with E-state index in [1.54, 1.807) is 11.8 Å². The topological polar surface area (TPSA) is 136 Å². The summed E-state index contributed by atoms with van der Waals surface area (Å²) in [5.74, 6) is -2.11. The summed E-state index contributed by atoms with van der Waals surface area (Å²) in [6.45, 7) is 5.34. The lowest BCUT2D eigenvalue weighted by Crippen LogP contribution is -2.63. The number of nitrogens with two attached hydrogens (primary N) is 1. The highest BCUT2D eigenvalue weighted by molar-refractivity contribution is 8.03. The van der Waals surface area contributed by atoms with Crippen molar-refractivity contribution in [2.24, 2.45) is 17.6 Å². The highest BCUT2D eigenvalue weighted by Gasteiger charge is 2.60. The van der Waals surface area contributed by atoms with E-state index in [1.807, 2.05) is 6.92 Å². The van der Waals surface area contributed by atoms with E-state index in [1.165, 1.54) is 16.7 Å². The Morgan fingerprint density at radius 2 is 2.07 bits per heavy atom. The van der Waals surface area contributed by atoms with Crippen molar-refractivity contribution >= 4 is 42.0 Å². The van der Waals surface area contributed by atoms with Crippen LogP contribution < -0.4 is 11.1 Å². The number of amides is 2. The van der Waals surface area contributed by atoms with Crippen LogP contribution in [0.4, 0.5) is 0 Å². The van der Waals surface area contributed by atoms with Crippen LogP contribution in [0.1, 0.15) is 26.7 Å². The van der Waals surface area contributed by atoms with E-state index < -0.39 is 18.0 Å². The Morgan fingerprint density at radius 3 is 2.63 bits per heavy atom. The molecule has 0 aromatic rings. The summed E-state index contributed by atoms with van der Waals surface area (Å²) in [4.78, 5) is 40.8. The monoisotopic (exact) mass is 460 g/mol. The van der Waals surface area contributed by atoms with Gasteiger partial charge in [-0.15, -0.1) is 24.2 Å². The molecule has 168 valence electrons. The number of thioether (sulfide) groups is 1. The van der Waals surface area contributed by atoms with Crippen LogP contribution in [0.3, 0.4) is 0 Å². The predicted molar refractivity (Wildman–Crippen MR) is 114 cm³/mol. The van der Waals surface area contributed by atoms with Gasteiger partial charge in [-0.05, 0) is 19.8 Å². The second-order valence-electron chi connectivity index (χ2n) is 8.54. The number of carbonyl (C=O) groups excluding carboxylic acids is 2. The fraction of sp³-hybridized carbons (Fsp3) is 0.737. The molecule has 0 unspecified atom stereocenters. The Morgan fingerprint density at radius 1 is 1.37 bits per heavy atom. The summed E-state index contributed by atoms with van der Waals surface area (Å²) in [6, 6.07) is -0.557. The maximum absolute atomic E-state index is 12.7. The first-order valence-electron chi connectivity index (χ1n) is 10.1. The zero-order valence-electron chi connectivity index (χ0n) is 17.0. The minimum absolute atomic E-state index is 0. The molecule has 5 N–H and O–H groups in total. The van der Waals surface area contributed by atoms with E-state index in [4.69, 9.17) is 5.73 Å². The van der Waals surface area contributed by atoms with Gasteiger partial charge in [-0.25, -0.2) is 4.79 Å². The summed E-state index contributed by atoms with van der Waals surface area (Å²) < 4.78 is 0. The van der Waals surface area contributed by atoms with Crippen molar-refractivity contribution in [3.8, 4) is 0 Å². The molecule has 4 aliphatic rings. The predicted octanol–water partition coefficient (Wildman–Crippen LogP) is -0.415. The number of aliphatic carboxylic acids is 1. The number of aliphatic hydroxyl groups is 1. The van der Waals surface area contributed by atoms with Gasteiger partial charge < -0.3 is 31.1 Å². The van der Waals surface area contributed by atoms with Crippen molar-refractivity contribution in [2.75, 3.05) is 19.6 Å². The average molecular weight is 461 g/mol. The number of carbonyl (C=O) groups is 3. The number of carboxylic acid groups (broad SMARTS) is 1. The van der Waals surface area contributed by atoms with Crippen molar-refractivity contribution in [2.45, 2.75) is 56.2 Å². The standard InChI is InChI=1S/C19H28N4O5S.ClH/c1-8-14-13(9(2)24)18(26)23(14)15(19(27)28)16(8)29-11-5-12(21-6-11)17(25)22-4-3-10(20)7-22;/h8-14,21,24H,3-7,20H2,1-2H3,(H,27,28);1H/t8-,9-,10+,11+,12+,13-,14-;/m1./s1. The Bertz CT molecular complexity index is 778. The molecule has 0 aromatic heterocycles. The quantitative estimate of drug-likeness (QED) is 0.406. The van der Waals surface area contributed by atoms with E-state index in [2.05, 4.69) is 5.32 Å². The summed E-state index contributed by atoms with van der Waals surface area (Å²) >= 11 is 1.45. The number of halogens is 1. The maximum Gasteiger partial charge on any atom is 0.353 e. The molecule has 0 aromatic carbocycles. The number of fused-ring (bicyclic) bond motifs is 1. The maximum atomic E-state index is 12.7. The summed E-state index contributed by atoms with van der Waals surface area (Å²) in [7, 11) is 0. The van der Waals surface area contributed by atoms with Crippen molar-refractivity contribution in [3.63, 3.8) is 0 Å². The van der Waals surface area contributed by atoms with Gasteiger partial charge in [0.1, 0.15) is 5.70 Å². The highest BCUT2D eigenvalue weighted by Crippen LogP contribution is 2.51. The molecule has 0 saturated carbocycles. The molecular formula is C19H29ClN4O5S. The number of nitrogens with zero attached hydrogens (tertiary/aromatic N) is 2. The zero-order chi connectivity index (χ0) is 21.0. The summed E-state index contributed by atoms with van der Waals surface area (Å²) in [5, 5.41) is 23.0.